The Hall–Kier alpha value is -1.36. The van der Waals surface area contributed by atoms with E-state index >= 15 is 0 Å². The van der Waals surface area contributed by atoms with Crippen LogP contribution < -0.4 is 9.47 Å². The number of hydrogen-bond acceptors (Lipinski definition) is 3. The van der Waals surface area contributed by atoms with Crippen LogP contribution in [-0.4, -0.2) is 18.8 Å². The quantitative estimate of drug-likeness (QED) is 0.824. The molecule has 1 unspecified atom stereocenters. The predicted octanol–water partition coefficient (Wildman–Crippen LogP) is 4.30. The molecule has 0 spiro atoms. The third kappa shape index (κ3) is 4.30. The minimum atomic E-state index is -2.91. The zero-order chi connectivity index (χ0) is 15.2. The van der Waals surface area contributed by atoms with E-state index in [1.807, 2.05) is 0 Å². The third-order valence-electron chi connectivity index (χ3n) is 4.09. The summed E-state index contributed by atoms with van der Waals surface area (Å²) in [5, 5.41) is 10.5. The van der Waals surface area contributed by atoms with Crippen molar-refractivity contribution in [1.82, 2.24) is 0 Å². The van der Waals surface area contributed by atoms with Gasteiger partial charge in [-0.2, -0.15) is 8.78 Å². The van der Waals surface area contributed by atoms with Gasteiger partial charge in [-0.1, -0.05) is 31.7 Å². The van der Waals surface area contributed by atoms with Crippen LogP contribution in [0.25, 0.3) is 0 Å². The number of aliphatic hydroxyl groups is 1. The van der Waals surface area contributed by atoms with Crippen molar-refractivity contribution in [2.45, 2.75) is 51.2 Å². The lowest BCUT2D eigenvalue weighted by atomic mass is 9.89. The molecule has 0 radical (unpaired) electrons. The number of aliphatic hydroxyl groups excluding tert-OH is 1. The normalized spacial score (nSPS) is 18.3. The number of halogens is 2. The molecule has 1 aliphatic rings. The lowest BCUT2D eigenvalue weighted by Crippen LogP contribution is -2.12. The van der Waals surface area contributed by atoms with E-state index in [0.717, 1.165) is 25.7 Å². The second-order valence-corrected chi connectivity index (χ2v) is 5.49. The number of hydrogen-bond donors (Lipinski definition) is 1. The fourth-order valence-electron chi connectivity index (χ4n) is 2.96. The van der Waals surface area contributed by atoms with Crippen molar-refractivity contribution in [3.63, 3.8) is 0 Å². The minimum Gasteiger partial charge on any atom is -0.493 e. The summed E-state index contributed by atoms with van der Waals surface area (Å²) in [5.74, 6) is 0.394. The van der Waals surface area contributed by atoms with E-state index in [9.17, 15) is 13.9 Å². The topological polar surface area (TPSA) is 38.7 Å². The van der Waals surface area contributed by atoms with E-state index in [2.05, 4.69) is 4.74 Å². The number of methoxy groups -OCH3 is 1. The van der Waals surface area contributed by atoms with Gasteiger partial charge in [0, 0.05) is 0 Å². The van der Waals surface area contributed by atoms with Crippen LogP contribution in [0.3, 0.4) is 0 Å². The molecule has 1 saturated carbocycles. The van der Waals surface area contributed by atoms with Gasteiger partial charge in [-0.05, 0) is 36.5 Å². The standard InChI is InChI=1S/C16H22F2O3/c1-20-13-9-8-12(10-14(13)21-16(17)18)15(19)11-6-4-2-3-5-7-11/h8-11,15-16,19H,2-7H2,1H3. The van der Waals surface area contributed by atoms with Crippen LogP contribution in [0.1, 0.15) is 50.2 Å². The molecular formula is C16H22F2O3. The summed E-state index contributed by atoms with van der Waals surface area (Å²) in [6.45, 7) is -2.91. The summed E-state index contributed by atoms with van der Waals surface area (Å²) in [5.41, 5.74) is 0.610. The second kappa shape index (κ2) is 7.59. The number of alkyl halides is 2. The molecule has 0 amide bonds. The zero-order valence-electron chi connectivity index (χ0n) is 12.2. The largest absolute Gasteiger partial charge is 0.493 e. The van der Waals surface area contributed by atoms with Gasteiger partial charge < -0.3 is 14.6 Å². The van der Waals surface area contributed by atoms with Crippen LogP contribution in [0.2, 0.25) is 0 Å². The Morgan fingerprint density at radius 2 is 1.76 bits per heavy atom. The number of benzene rings is 1. The van der Waals surface area contributed by atoms with E-state index in [4.69, 9.17) is 4.74 Å². The average Bonchev–Trinajstić information content (AvgIpc) is 2.75. The number of rotatable bonds is 5. The summed E-state index contributed by atoms with van der Waals surface area (Å²) in [6.07, 6.45) is 5.92. The molecule has 1 aromatic rings. The molecule has 1 N–H and O–H groups in total. The molecule has 1 fully saturated rings. The molecule has 1 aromatic carbocycles. The fraction of sp³-hybridized carbons (Fsp3) is 0.625. The maximum atomic E-state index is 12.4. The first-order valence-corrected chi connectivity index (χ1v) is 7.42. The molecule has 1 aliphatic carbocycles. The molecule has 0 heterocycles. The van der Waals surface area contributed by atoms with Crippen LogP contribution >= 0.6 is 0 Å². The van der Waals surface area contributed by atoms with Crippen LogP contribution in [0.4, 0.5) is 8.78 Å². The molecule has 2 rings (SSSR count). The summed E-state index contributed by atoms with van der Waals surface area (Å²) in [4.78, 5) is 0. The van der Waals surface area contributed by atoms with E-state index in [1.165, 1.54) is 26.0 Å². The summed E-state index contributed by atoms with van der Waals surface area (Å²) < 4.78 is 34.4. The van der Waals surface area contributed by atoms with Gasteiger partial charge in [-0.3, -0.25) is 0 Å². The Bertz CT molecular complexity index is 443. The van der Waals surface area contributed by atoms with Gasteiger partial charge in [0.25, 0.3) is 0 Å². The lowest BCUT2D eigenvalue weighted by Gasteiger charge is -2.22. The fourth-order valence-corrected chi connectivity index (χ4v) is 2.96. The monoisotopic (exact) mass is 300 g/mol. The molecule has 0 aromatic heterocycles. The molecule has 5 heteroatoms. The molecule has 0 aliphatic heterocycles. The van der Waals surface area contributed by atoms with Crippen LogP contribution in [0.15, 0.2) is 18.2 Å². The van der Waals surface area contributed by atoms with Gasteiger partial charge in [0.05, 0.1) is 13.2 Å². The highest BCUT2D eigenvalue weighted by atomic mass is 19.3. The van der Waals surface area contributed by atoms with E-state index < -0.39 is 12.7 Å². The van der Waals surface area contributed by atoms with Gasteiger partial charge in [0.1, 0.15) is 0 Å². The number of ether oxygens (including phenoxy) is 2. The van der Waals surface area contributed by atoms with Crippen molar-refractivity contribution in [2.24, 2.45) is 5.92 Å². The van der Waals surface area contributed by atoms with Crippen LogP contribution in [-0.2, 0) is 0 Å². The van der Waals surface area contributed by atoms with Crippen molar-refractivity contribution in [3.05, 3.63) is 23.8 Å². The Kier molecular flexibility index (Phi) is 5.79. The highest BCUT2D eigenvalue weighted by Gasteiger charge is 2.23. The van der Waals surface area contributed by atoms with Gasteiger partial charge in [0.2, 0.25) is 0 Å². The van der Waals surface area contributed by atoms with Crippen molar-refractivity contribution in [2.75, 3.05) is 7.11 Å². The Morgan fingerprint density at radius 1 is 1.10 bits per heavy atom. The van der Waals surface area contributed by atoms with Gasteiger partial charge >= 0.3 is 6.61 Å². The molecule has 0 saturated heterocycles. The summed E-state index contributed by atoms with van der Waals surface area (Å²) in [7, 11) is 1.40. The van der Waals surface area contributed by atoms with Gasteiger partial charge in [-0.25, -0.2) is 0 Å². The SMILES string of the molecule is COc1ccc(C(O)C2CCCCCC2)cc1OC(F)F. The van der Waals surface area contributed by atoms with E-state index in [-0.39, 0.29) is 17.4 Å². The molecule has 0 bridgehead atoms. The third-order valence-corrected chi connectivity index (χ3v) is 4.09. The molecule has 3 nitrogen and oxygen atoms in total. The first-order valence-electron chi connectivity index (χ1n) is 7.42. The molecule has 1 atom stereocenters. The summed E-state index contributed by atoms with van der Waals surface area (Å²) >= 11 is 0. The predicted molar refractivity (Wildman–Crippen MR) is 75.8 cm³/mol. The first-order chi connectivity index (χ1) is 10.1. The van der Waals surface area contributed by atoms with E-state index in [1.54, 1.807) is 12.1 Å². The smallest absolute Gasteiger partial charge is 0.387 e. The first kappa shape index (κ1) is 16.0. The maximum Gasteiger partial charge on any atom is 0.387 e. The van der Waals surface area contributed by atoms with Crippen molar-refractivity contribution in [1.29, 1.82) is 0 Å². The Balaban J connectivity index is 2.17. The highest BCUT2D eigenvalue weighted by Crippen LogP contribution is 2.37. The van der Waals surface area contributed by atoms with Crippen LogP contribution in [0.5, 0.6) is 11.5 Å². The van der Waals surface area contributed by atoms with Crippen LogP contribution in [0, 0.1) is 5.92 Å². The zero-order valence-corrected chi connectivity index (χ0v) is 12.2. The van der Waals surface area contributed by atoms with E-state index in [0.29, 0.717) is 5.56 Å². The molecule has 118 valence electrons. The van der Waals surface area contributed by atoms with Gasteiger partial charge in [-0.15, -0.1) is 0 Å². The average molecular weight is 300 g/mol. The van der Waals surface area contributed by atoms with Crippen molar-refractivity contribution < 1.29 is 23.4 Å². The Morgan fingerprint density at radius 3 is 2.33 bits per heavy atom. The second-order valence-electron chi connectivity index (χ2n) is 5.49. The Labute approximate surface area is 123 Å². The molecule has 21 heavy (non-hydrogen) atoms. The minimum absolute atomic E-state index is 0.0299. The molecular weight excluding hydrogens is 278 g/mol. The maximum absolute atomic E-state index is 12.4. The summed E-state index contributed by atoms with van der Waals surface area (Å²) in [6, 6.07) is 4.74. The van der Waals surface area contributed by atoms with Gasteiger partial charge in [0.15, 0.2) is 11.5 Å². The highest BCUT2D eigenvalue weighted by molar-refractivity contribution is 5.43. The van der Waals surface area contributed by atoms with Crippen molar-refractivity contribution in [3.8, 4) is 11.5 Å². The van der Waals surface area contributed by atoms with Crippen molar-refractivity contribution >= 4 is 0 Å². The lowest BCUT2D eigenvalue weighted by molar-refractivity contribution is -0.0514.